The van der Waals surface area contributed by atoms with Gasteiger partial charge in [0.15, 0.2) is 0 Å². The van der Waals surface area contributed by atoms with Crippen molar-refractivity contribution in [3.8, 4) is 11.4 Å². The van der Waals surface area contributed by atoms with Crippen molar-refractivity contribution in [2.24, 2.45) is 0 Å². The molecule has 0 bridgehead atoms. The minimum absolute atomic E-state index is 0.560. The standard InChI is InChI=1S/C13H9Cl2N3/c14-9-2-1-3-11-12(9)18-13(17-11)8-5-4-7(16)6-10(8)15/h1-6H,16H2,(H,17,18). The first-order valence-electron chi connectivity index (χ1n) is 5.35. The average molecular weight is 278 g/mol. The number of aromatic nitrogens is 2. The lowest BCUT2D eigenvalue weighted by Gasteiger charge is -2.01. The molecule has 3 rings (SSSR count). The zero-order valence-electron chi connectivity index (χ0n) is 9.24. The molecule has 0 amide bonds. The summed E-state index contributed by atoms with van der Waals surface area (Å²) in [5.74, 6) is 0.683. The lowest BCUT2D eigenvalue weighted by Crippen LogP contribution is -1.87. The number of benzene rings is 2. The fourth-order valence-corrected chi connectivity index (χ4v) is 2.34. The normalized spacial score (nSPS) is 11.0. The summed E-state index contributed by atoms with van der Waals surface area (Å²) in [4.78, 5) is 7.65. The molecule has 18 heavy (non-hydrogen) atoms. The summed E-state index contributed by atoms with van der Waals surface area (Å²) in [5.41, 5.74) is 8.71. The van der Waals surface area contributed by atoms with E-state index in [4.69, 9.17) is 28.9 Å². The maximum absolute atomic E-state index is 6.16. The maximum Gasteiger partial charge on any atom is 0.140 e. The summed E-state index contributed by atoms with van der Waals surface area (Å²) in [5, 5.41) is 1.17. The van der Waals surface area contributed by atoms with E-state index >= 15 is 0 Å². The van der Waals surface area contributed by atoms with Crippen LogP contribution in [0.15, 0.2) is 36.4 Å². The second-order valence-electron chi connectivity index (χ2n) is 3.96. The van der Waals surface area contributed by atoms with Crippen LogP contribution in [0, 0.1) is 0 Å². The predicted molar refractivity (Wildman–Crippen MR) is 76.0 cm³/mol. The molecule has 0 aliphatic carbocycles. The lowest BCUT2D eigenvalue weighted by molar-refractivity contribution is 1.34. The van der Waals surface area contributed by atoms with Crippen LogP contribution < -0.4 is 5.73 Å². The molecule has 3 nitrogen and oxygen atoms in total. The van der Waals surface area contributed by atoms with Crippen molar-refractivity contribution in [3.05, 3.63) is 46.4 Å². The van der Waals surface area contributed by atoms with Gasteiger partial charge in [-0.25, -0.2) is 4.98 Å². The molecule has 3 aromatic rings. The van der Waals surface area contributed by atoms with Crippen LogP contribution in [0.25, 0.3) is 22.4 Å². The van der Waals surface area contributed by atoms with Crippen LogP contribution in [0.4, 0.5) is 5.69 Å². The third-order valence-electron chi connectivity index (χ3n) is 2.71. The summed E-state index contributed by atoms with van der Waals surface area (Å²) in [6, 6.07) is 10.9. The van der Waals surface area contributed by atoms with Gasteiger partial charge in [-0.1, -0.05) is 29.3 Å². The van der Waals surface area contributed by atoms with E-state index in [1.807, 2.05) is 18.2 Å². The number of H-pyrrole nitrogens is 1. The Bertz CT molecular complexity index is 734. The van der Waals surface area contributed by atoms with Crippen LogP contribution in [-0.4, -0.2) is 9.97 Å². The maximum atomic E-state index is 6.16. The molecule has 0 unspecified atom stereocenters. The summed E-state index contributed by atoms with van der Waals surface area (Å²) in [6.07, 6.45) is 0. The van der Waals surface area contributed by atoms with Gasteiger partial charge in [-0.3, -0.25) is 0 Å². The number of imidazole rings is 1. The van der Waals surface area contributed by atoms with Crippen molar-refractivity contribution in [2.45, 2.75) is 0 Å². The Morgan fingerprint density at radius 2 is 1.89 bits per heavy atom. The Kier molecular flexibility index (Phi) is 2.65. The molecule has 5 heteroatoms. The Morgan fingerprint density at radius 1 is 1.06 bits per heavy atom. The Morgan fingerprint density at radius 3 is 2.61 bits per heavy atom. The minimum atomic E-state index is 0.560. The SMILES string of the molecule is Nc1ccc(-c2nc3c(Cl)cccc3[nH]2)c(Cl)c1. The van der Waals surface area contributed by atoms with Gasteiger partial charge in [-0.15, -0.1) is 0 Å². The third kappa shape index (κ3) is 1.82. The van der Waals surface area contributed by atoms with Gasteiger partial charge in [0, 0.05) is 11.3 Å². The van der Waals surface area contributed by atoms with E-state index < -0.39 is 0 Å². The van der Waals surface area contributed by atoms with E-state index in [1.54, 1.807) is 18.2 Å². The van der Waals surface area contributed by atoms with E-state index in [2.05, 4.69) is 9.97 Å². The van der Waals surface area contributed by atoms with Crippen LogP contribution in [0.2, 0.25) is 10.0 Å². The first kappa shape index (κ1) is 11.4. The quantitative estimate of drug-likeness (QED) is 0.658. The van der Waals surface area contributed by atoms with Crippen molar-refractivity contribution >= 4 is 39.9 Å². The highest BCUT2D eigenvalue weighted by atomic mass is 35.5. The number of hydrogen-bond acceptors (Lipinski definition) is 2. The van der Waals surface area contributed by atoms with Gasteiger partial charge in [-0.2, -0.15) is 0 Å². The Balaban J connectivity index is 2.23. The van der Waals surface area contributed by atoms with Crippen molar-refractivity contribution in [1.29, 1.82) is 0 Å². The van der Waals surface area contributed by atoms with Gasteiger partial charge in [-0.05, 0) is 30.3 Å². The molecule has 90 valence electrons. The number of hydrogen-bond donors (Lipinski definition) is 2. The van der Waals surface area contributed by atoms with Crippen LogP contribution in [0.1, 0.15) is 0 Å². The lowest BCUT2D eigenvalue weighted by atomic mass is 10.2. The molecule has 1 aromatic heterocycles. The molecule has 0 fully saturated rings. The van der Waals surface area contributed by atoms with Crippen molar-refractivity contribution in [1.82, 2.24) is 9.97 Å². The average Bonchev–Trinajstić information content (AvgIpc) is 2.74. The van der Waals surface area contributed by atoms with E-state index in [-0.39, 0.29) is 0 Å². The van der Waals surface area contributed by atoms with Gasteiger partial charge >= 0.3 is 0 Å². The molecular weight excluding hydrogens is 269 g/mol. The van der Waals surface area contributed by atoms with Crippen molar-refractivity contribution in [2.75, 3.05) is 5.73 Å². The van der Waals surface area contributed by atoms with Crippen LogP contribution in [0.5, 0.6) is 0 Å². The first-order valence-corrected chi connectivity index (χ1v) is 6.10. The van der Waals surface area contributed by atoms with E-state index in [0.29, 0.717) is 21.6 Å². The molecule has 0 saturated carbocycles. The fraction of sp³-hybridized carbons (Fsp3) is 0. The number of nitrogens with two attached hydrogens (primary N) is 1. The smallest absolute Gasteiger partial charge is 0.140 e. The first-order chi connectivity index (χ1) is 8.65. The number of para-hydroxylation sites is 1. The van der Waals surface area contributed by atoms with Gasteiger partial charge in [0.05, 0.1) is 15.6 Å². The number of nitrogens with zero attached hydrogens (tertiary/aromatic N) is 1. The number of nitrogen functional groups attached to an aromatic ring is 1. The van der Waals surface area contributed by atoms with Gasteiger partial charge < -0.3 is 10.7 Å². The fourth-order valence-electron chi connectivity index (χ4n) is 1.85. The molecule has 0 saturated heterocycles. The number of anilines is 1. The van der Waals surface area contributed by atoms with Crippen LogP contribution in [-0.2, 0) is 0 Å². The van der Waals surface area contributed by atoms with Gasteiger partial charge in [0.25, 0.3) is 0 Å². The number of aromatic amines is 1. The Hall–Kier alpha value is -1.71. The van der Waals surface area contributed by atoms with Crippen LogP contribution in [0.3, 0.4) is 0 Å². The largest absolute Gasteiger partial charge is 0.399 e. The number of nitrogens with one attached hydrogen (secondary N) is 1. The highest BCUT2D eigenvalue weighted by molar-refractivity contribution is 6.35. The molecule has 2 aromatic carbocycles. The molecule has 3 N–H and O–H groups in total. The Labute approximate surface area is 114 Å². The van der Waals surface area contributed by atoms with Gasteiger partial charge in [0.1, 0.15) is 11.3 Å². The summed E-state index contributed by atoms with van der Waals surface area (Å²) >= 11 is 12.2. The molecule has 0 aliphatic rings. The summed E-state index contributed by atoms with van der Waals surface area (Å²) in [6.45, 7) is 0. The van der Waals surface area contributed by atoms with E-state index in [1.165, 1.54) is 0 Å². The zero-order chi connectivity index (χ0) is 12.7. The third-order valence-corrected chi connectivity index (χ3v) is 3.33. The molecule has 0 aliphatic heterocycles. The monoisotopic (exact) mass is 277 g/mol. The molecular formula is C13H9Cl2N3. The predicted octanol–water partition coefficient (Wildman–Crippen LogP) is 4.12. The second kappa shape index (κ2) is 4.19. The molecule has 1 heterocycles. The minimum Gasteiger partial charge on any atom is -0.399 e. The number of halogens is 2. The highest BCUT2D eigenvalue weighted by Gasteiger charge is 2.10. The highest BCUT2D eigenvalue weighted by Crippen LogP contribution is 2.30. The topological polar surface area (TPSA) is 54.7 Å². The zero-order valence-corrected chi connectivity index (χ0v) is 10.8. The van der Waals surface area contributed by atoms with E-state index in [0.717, 1.165) is 16.6 Å². The second-order valence-corrected chi connectivity index (χ2v) is 4.78. The van der Waals surface area contributed by atoms with Crippen molar-refractivity contribution < 1.29 is 0 Å². The van der Waals surface area contributed by atoms with Crippen LogP contribution >= 0.6 is 23.2 Å². The van der Waals surface area contributed by atoms with E-state index in [9.17, 15) is 0 Å². The van der Waals surface area contributed by atoms with Crippen molar-refractivity contribution in [3.63, 3.8) is 0 Å². The number of fused-ring (bicyclic) bond motifs is 1. The number of rotatable bonds is 1. The van der Waals surface area contributed by atoms with Gasteiger partial charge in [0.2, 0.25) is 0 Å². The summed E-state index contributed by atoms with van der Waals surface area (Å²) in [7, 11) is 0. The summed E-state index contributed by atoms with van der Waals surface area (Å²) < 4.78 is 0. The molecule has 0 atom stereocenters. The molecule has 0 radical (unpaired) electrons. The molecule has 0 spiro atoms.